The lowest BCUT2D eigenvalue weighted by molar-refractivity contribution is -0.139. The number of hydrogen-bond acceptors (Lipinski definition) is 21. The maximum Gasteiger partial charge on any atom is 0.303 e. The minimum Gasteiger partial charge on any atom is -0.508 e. The van der Waals surface area contributed by atoms with E-state index in [9.17, 15) is 97.1 Å². The molecular formula is C70H93N17O21S2. The second-order valence-corrected chi connectivity index (χ2v) is 27.0. The lowest BCUT2D eigenvalue weighted by Gasteiger charge is -2.29. The van der Waals surface area contributed by atoms with Crippen LogP contribution in [0, 0.1) is 5.92 Å². The van der Waals surface area contributed by atoms with Gasteiger partial charge >= 0.3 is 11.9 Å². The van der Waals surface area contributed by atoms with Crippen molar-refractivity contribution in [1.82, 2.24) is 73.8 Å². The minimum atomic E-state index is -1.94. The highest BCUT2D eigenvalue weighted by molar-refractivity contribution is 7.80. The lowest BCUT2D eigenvalue weighted by Crippen LogP contribution is -2.62. The molecule has 0 unspecified atom stereocenters. The van der Waals surface area contributed by atoms with Crippen LogP contribution in [0.15, 0.2) is 85.2 Å². The van der Waals surface area contributed by atoms with Crippen molar-refractivity contribution in [2.24, 2.45) is 23.1 Å². The van der Waals surface area contributed by atoms with Crippen molar-refractivity contribution < 1.29 is 102 Å². The fraction of sp³-hybridized carbons (Fsp3) is 0.443. The van der Waals surface area contributed by atoms with Crippen molar-refractivity contribution in [3.05, 3.63) is 102 Å². The van der Waals surface area contributed by atoms with Crippen molar-refractivity contribution in [2.75, 3.05) is 18.1 Å². The average molecular weight is 1570 g/mol. The smallest absolute Gasteiger partial charge is 0.303 e. The number of aliphatic carboxylic acids is 2. The van der Waals surface area contributed by atoms with E-state index >= 15 is 4.79 Å². The van der Waals surface area contributed by atoms with Gasteiger partial charge in [-0.05, 0) is 79.5 Å². The SMILES string of the molecule is CC(=O)N[C@@H](CS)C(=O)N[C@@H](CCC(N)=O)C(=O)N[C@H](C(=O)N[C@@H](Cc1c[nH]c2ccccc12)C(=O)N[C@@H](CCC(=O)O)C(=O)N[C@@H](CS)C(=O)N[C@@H](Cc1ccc(O)cc1)C(=O)N[C@@H](Cc1c[nH]c2ccccc12)C(=O)N[C@@H](CCC(=O)O)C(=O)N[C@@H](CC(C)C)C(=O)N[C@@H](CC(N)=O)C(=O)NCC(N)=O)[C@@H](C)O. The number of aliphatic hydroxyl groups is 1. The van der Waals surface area contributed by atoms with E-state index in [1.54, 1.807) is 62.4 Å². The summed E-state index contributed by atoms with van der Waals surface area (Å²) in [6.45, 7) is 4.85. The zero-order valence-electron chi connectivity index (χ0n) is 60.3. The highest BCUT2D eigenvalue weighted by atomic mass is 32.1. The van der Waals surface area contributed by atoms with Gasteiger partial charge in [-0.25, -0.2) is 0 Å². The van der Waals surface area contributed by atoms with Crippen molar-refractivity contribution >= 4 is 148 Å². The summed E-state index contributed by atoms with van der Waals surface area (Å²) in [7, 11) is 0. The van der Waals surface area contributed by atoms with E-state index in [1.165, 1.54) is 36.7 Å². The number of H-pyrrole nitrogens is 2. The van der Waals surface area contributed by atoms with Crippen LogP contribution in [-0.4, -0.2) is 222 Å². The van der Waals surface area contributed by atoms with Gasteiger partial charge in [-0.1, -0.05) is 62.4 Å². The van der Waals surface area contributed by atoms with Crippen LogP contribution >= 0.6 is 25.3 Å². The van der Waals surface area contributed by atoms with Gasteiger partial charge in [0, 0.05) is 91.2 Å². The maximum absolute atomic E-state index is 15.1. The first-order valence-electron chi connectivity index (χ1n) is 34.6. The number of aromatic hydroxyl groups is 1. The molecule has 0 aliphatic rings. The molecule has 0 aliphatic carbocycles. The molecule has 15 amide bonds. The average Bonchev–Trinajstić information content (AvgIpc) is 1.66. The van der Waals surface area contributed by atoms with E-state index < -0.39 is 243 Å². The van der Waals surface area contributed by atoms with E-state index in [0.717, 1.165) is 13.8 Å². The molecular weight excluding hydrogens is 1480 g/mol. The summed E-state index contributed by atoms with van der Waals surface area (Å²) in [4.78, 5) is 235. The van der Waals surface area contributed by atoms with E-state index in [1.807, 2.05) is 0 Å². The van der Waals surface area contributed by atoms with Gasteiger partial charge in [0.1, 0.15) is 72.2 Å². The summed E-state index contributed by atoms with van der Waals surface area (Å²) in [6, 6.07) is 0.102. The molecule has 5 aromatic rings. The molecule has 38 nitrogen and oxygen atoms in total. The van der Waals surface area contributed by atoms with Crippen LogP contribution < -0.4 is 81.0 Å². The third-order valence-corrected chi connectivity index (χ3v) is 17.6. The van der Waals surface area contributed by atoms with Crippen LogP contribution in [0.2, 0.25) is 0 Å². The van der Waals surface area contributed by atoms with Crippen molar-refractivity contribution in [1.29, 1.82) is 0 Å². The molecule has 0 spiro atoms. The van der Waals surface area contributed by atoms with Crippen LogP contribution in [-0.2, 0) is 101 Å². The Morgan fingerprint density at radius 3 is 1.21 bits per heavy atom. The Kier molecular flexibility index (Phi) is 34.9. The van der Waals surface area contributed by atoms with Gasteiger partial charge in [0.15, 0.2) is 0 Å². The second-order valence-electron chi connectivity index (χ2n) is 26.2. The quantitative estimate of drug-likeness (QED) is 0.0163. The summed E-state index contributed by atoms with van der Waals surface area (Å²) < 4.78 is 0. The number of carbonyl (C=O) groups excluding carboxylic acids is 15. The number of carboxylic acid groups (broad SMARTS) is 2. The van der Waals surface area contributed by atoms with Crippen LogP contribution in [0.5, 0.6) is 5.75 Å². The van der Waals surface area contributed by atoms with E-state index in [0.29, 0.717) is 32.9 Å². The molecule has 0 radical (unpaired) electrons. The molecule has 5 rings (SSSR count). The highest BCUT2D eigenvalue weighted by Crippen LogP contribution is 2.22. The zero-order chi connectivity index (χ0) is 81.6. The molecule has 40 heteroatoms. The van der Waals surface area contributed by atoms with Crippen LogP contribution in [0.3, 0.4) is 0 Å². The van der Waals surface area contributed by atoms with E-state index in [2.05, 4.69) is 99.0 Å². The first kappa shape index (κ1) is 88.8. The number of rotatable bonds is 46. The van der Waals surface area contributed by atoms with Crippen LogP contribution in [0.1, 0.15) is 95.8 Å². The van der Waals surface area contributed by atoms with Gasteiger partial charge in [-0.15, -0.1) is 0 Å². The number of carbonyl (C=O) groups is 17. The van der Waals surface area contributed by atoms with Crippen LogP contribution in [0.4, 0.5) is 0 Å². The van der Waals surface area contributed by atoms with Gasteiger partial charge < -0.3 is 111 Å². The number of nitrogens with one attached hydrogen (secondary N) is 14. The van der Waals surface area contributed by atoms with Gasteiger partial charge in [0.2, 0.25) is 88.6 Å². The number of primary amides is 3. The van der Waals surface area contributed by atoms with E-state index in [-0.39, 0.29) is 35.8 Å². The summed E-state index contributed by atoms with van der Waals surface area (Å²) in [5.74, 6) is -20.1. The topological polar surface area (TPSA) is 625 Å². The molecule has 0 saturated carbocycles. The van der Waals surface area contributed by atoms with Crippen molar-refractivity contribution in [3.63, 3.8) is 0 Å². The predicted molar refractivity (Wildman–Crippen MR) is 400 cm³/mol. The van der Waals surface area contributed by atoms with Gasteiger partial charge in [-0.3, -0.25) is 81.5 Å². The Morgan fingerprint density at radius 1 is 0.418 bits per heavy atom. The minimum absolute atomic E-state index is 0.150. The number of para-hydroxylation sites is 2. The maximum atomic E-state index is 15.1. The Balaban J connectivity index is 1.48. The third kappa shape index (κ3) is 28.7. The molecule has 3 aromatic carbocycles. The largest absolute Gasteiger partial charge is 0.508 e. The Labute approximate surface area is 640 Å². The predicted octanol–water partition coefficient (Wildman–Crippen LogP) is -4.51. The van der Waals surface area contributed by atoms with Gasteiger partial charge in [-0.2, -0.15) is 25.3 Å². The number of hydrogen-bond donors (Lipinski definition) is 23. The van der Waals surface area contributed by atoms with E-state index in [4.69, 9.17) is 17.2 Å². The summed E-state index contributed by atoms with van der Waals surface area (Å²) in [5.41, 5.74) is 18.1. The Hall–Kier alpha value is -11.8. The Bertz CT molecular complexity index is 4170. The van der Waals surface area contributed by atoms with Crippen LogP contribution in [0.25, 0.3) is 21.8 Å². The molecule has 2 heterocycles. The number of aliphatic hydroxyl groups excluding tert-OH is 1. The van der Waals surface area contributed by atoms with Crippen molar-refractivity contribution in [3.8, 4) is 5.75 Å². The number of carboxylic acids is 2. The molecule has 0 aliphatic heterocycles. The monoisotopic (exact) mass is 1570 g/mol. The molecule has 596 valence electrons. The van der Waals surface area contributed by atoms with Gasteiger partial charge in [0.05, 0.1) is 19.1 Å². The Morgan fingerprint density at radius 2 is 0.791 bits per heavy atom. The lowest BCUT2D eigenvalue weighted by atomic mass is 10.00. The second kappa shape index (κ2) is 43.3. The normalized spacial score (nSPS) is 14.4. The third-order valence-electron chi connectivity index (χ3n) is 16.9. The molecule has 2 aromatic heterocycles. The number of thiol groups is 2. The molecule has 110 heavy (non-hydrogen) atoms. The number of aromatic amines is 2. The standard InChI is InChI=1S/C70H93N17O21S2/c1-33(2)23-47(64(102)84-51(27-55(72)92)60(98)76-30-56(73)93)81-61(99)45(18-21-57(94)95)78-66(104)49(25-37-28-74-42-11-7-5-9-40(37)42)83-65(103)48(24-36-13-15-39(90)16-14-36)82-69(107)53(32-110)86-62(100)46(19-22-58(96)97)79-67(105)50(26-38-29-75-43-12-8-6-10-41(38)43)85-70(108)59(34(3)88)87-63(101)44(17-20-54(71)91)80-68(106)52(31-109)77-35(4)89/h5-16,28-29,33-34,44-53,59,74-75,88,90,109-110H,17-27,30-32H2,1-4H3,(H2,71,91)(H2,72,92)(H2,73,93)(H,76,98)(H,77,89)(H,78,104)(H,79,105)(H,80,106)(H,81,99)(H,82,107)(H,83,103)(H,84,102)(H,85,108)(H,86,100)(H,87,101)(H,94,95)(H,96,97)/t34-,44+,45+,46+,47+,48+,49+,50+,51+,52+,53+,59+/m1/s1. The number of nitrogens with two attached hydrogens (primary N) is 3. The molecule has 0 bridgehead atoms. The zero-order valence-corrected chi connectivity index (χ0v) is 62.1. The number of phenolic OH excluding ortho intramolecular Hbond substituents is 1. The number of amides is 15. The highest BCUT2D eigenvalue weighted by Gasteiger charge is 2.39. The molecule has 0 fully saturated rings. The van der Waals surface area contributed by atoms with Crippen molar-refractivity contribution in [2.45, 2.75) is 171 Å². The molecule has 24 N–H and O–H groups in total. The molecule has 0 saturated heterocycles. The molecule has 12 atom stereocenters. The summed E-state index contributed by atoms with van der Waals surface area (Å²) in [6.07, 6.45) is -4.64. The number of fused-ring (bicyclic) bond motifs is 2. The fourth-order valence-electron chi connectivity index (χ4n) is 11.3. The number of aromatic nitrogens is 2. The fourth-order valence-corrected chi connectivity index (χ4v) is 11.8. The number of benzene rings is 3. The summed E-state index contributed by atoms with van der Waals surface area (Å²) in [5, 5.41) is 71.0. The summed E-state index contributed by atoms with van der Waals surface area (Å²) >= 11 is 8.39. The first-order chi connectivity index (χ1) is 52.0. The number of phenols is 1. The first-order valence-corrected chi connectivity index (χ1v) is 35.9. The van der Waals surface area contributed by atoms with Gasteiger partial charge in [0.25, 0.3) is 0 Å².